The maximum Gasteiger partial charge on any atom is 0.346 e. The van der Waals surface area contributed by atoms with Crippen LogP contribution in [0.25, 0.3) is 0 Å². The van der Waals surface area contributed by atoms with Crippen LogP contribution in [0.2, 0.25) is 0 Å². The highest BCUT2D eigenvalue weighted by Gasteiger charge is 2.29. The third-order valence-corrected chi connectivity index (χ3v) is 4.08. The van der Waals surface area contributed by atoms with E-state index in [0.29, 0.717) is 6.42 Å². The Kier molecular flexibility index (Phi) is 5.19. The van der Waals surface area contributed by atoms with E-state index >= 15 is 0 Å². The Bertz CT molecular complexity index is 790. The van der Waals surface area contributed by atoms with Crippen LogP contribution < -0.4 is 4.74 Å². The van der Waals surface area contributed by atoms with E-state index in [4.69, 9.17) is 4.74 Å². The number of carbonyl (C=O) groups is 1. The lowest BCUT2D eigenvalue weighted by Crippen LogP contribution is -2.12. The summed E-state index contributed by atoms with van der Waals surface area (Å²) in [6, 6.07) is 2.00. The number of ether oxygens (including phenoxy) is 1. The van der Waals surface area contributed by atoms with Crippen molar-refractivity contribution in [2.24, 2.45) is 0 Å². The van der Waals surface area contributed by atoms with E-state index < -0.39 is 27.2 Å². The number of esters is 1. The standard InChI is InChI=1S/C14H13N3O6S/c1-3-8(2)11-4-10(16(19)20)5-12(17(21)22)13(11)23-14(18)9-6-15-24-7-9/h4-8H,3H2,1-2H3. The molecule has 0 radical (unpaired) electrons. The number of nitrogens with zero attached hydrogens (tertiary/aromatic N) is 3. The molecule has 0 bridgehead atoms. The minimum absolute atomic E-state index is 0.155. The van der Waals surface area contributed by atoms with Crippen LogP contribution in [-0.2, 0) is 0 Å². The van der Waals surface area contributed by atoms with Crippen molar-refractivity contribution in [3.8, 4) is 5.75 Å². The van der Waals surface area contributed by atoms with Crippen molar-refractivity contribution in [3.05, 3.63) is 55.1 Å². The minimum atomic E-state index is -0.801. The van der Waals surface area contributed by atoms with Crippen molar-refractivity contribution >= 4 is 28.9 Å². The zero-order valence-electron chi connectivity index (χ0n) is 12.8. The van der Waals surface area contributed by atoms with Gasteiger partial charge in [-0.2, -0.15) is 0 Å². The molecule has 2 aromatic rings. The molecule has 1 aromatic carbocycles. The molecule has 10 heteroatoms. The van der Waals surface area contributed by atoms with Crippen LogP contribution in [0.3, 0.4) is 0 Å². The molecule has 0 N–H and O–H groups in total. The summed E-state index contributed by atoms with van der Waals surface area (Å²) in [4.78, 5) is 32.9. The zero-order chi connectivity index (χ0) is 17.9. The van der Waals surface area contributed by atoms with E-state index in [-0.39, 0.29) is 22.8 Å². The maximum atomic E-state index is 12.1. The predicted octanol–water partition coefficient (Wildman–Crippen LogP) is 3.69. The predicted molar refractivity (Wildman–Crippen MR) is 85.5 cm³/mol. The van der Waals surface area contributed by atoms with Gasteiger partial charge in [0.15, 0.2) is 0 Å². The van der Waals surface area contributed by atoms with Gasteiger partial charge in [0, 0.05) is 17.0 Å². The second-order valence-corrected chi connectivity index (χ2v) is 5.67. The first-order chi connectivity index (χ1) is 11.3. The van der Waals surface area contributed by atoms with Crippen LogP contribution >= 0.6 is 11.5 Å². The number of non-ortho nitro benzene ring substituents is 1. The average Bonchev–Trinajstić information content (AvgIpc) is 3.08. The van der Waals surface area contributed by atoms with E-state index in [1.165, 1.54) is 17.6 Å². The smallest absolute Gasteiger partial charge is 0.346 e. The number of nitro benzene ring substituents is 2. The molecule has 0 aliphatic heterocycles. The van der Waals surface area contributed by atoms with Crippen molar-refractivity contribution in [2.45, 2.75) is 26.2 Å². The fourth-order valence-corrected chi connectivity index (χ4v) is 2.52. The largest absolute Gasteiger partial charge is 0.415 e. The van der Waals surface area contributed by atoms with Gasteiger partial charge in [0.05, 0.1) is 27.7 Å². The Labute approximate surface area is 140 Å². The number of rotatable bonds is 6. The fourth-order valence-electron chi connectivity index (χ4n) is 2.02. The van der Waals surface area contributed by atoms with Crippen LogP contribution in [0.5, 0.6) is 5.75 Å². The molecule has 1 atom stereocenters. The van der Waals surface area contributed by atoms with E-state index in [2.05, 4.69) is 4.37 Å². The molecule has 1 aromatic heterocycles. The molecule has 2 rings (SSSR count). The molecule has 0 fully saturated rings. The lowest BCUT2D eigenvalue weighted by Gasteiger charge is -2.14. The highest BCUT2D eigenvalue weighted by atomic mass is 32.1. The molecular formula is C14H13N3O6S. The number of hydrogen-bond acceptors (Lipinski definition) is 8. The molecule has 0 amide bonds. The first-order valence-corrected chi connectivity index (χ1v) is 7.77. The van der Waals surface area contributed by atoms with Crippen molar-refractivity contribution in [2.75, 3.05) is 0 Å². The number of carbonyl (C=O) groups excluding carboxylic acids is 1. The Morgan fingerprint density at radius 3 is 2.54 bits per heavy atom. The van der Waals surface area contributed by atoms with E-state index in [1.807, 2.05) is 6.92 Å². The number of benzene rings is 1. The van der Waals surface area contributed by atoms with E-state index in [9.17, 15) is 25.0 Å². The van der Waals surface area contributed by atoms with Crippen LogP contribution in [-0.4, -0.2) is 20.2 Å². The van der Waals surface area contributed by atoms with Gasteiger partial charge in [0.1, 0.15) is 0 Å². The van der Waals surface area contributed by atoms with Gasteiger partial charge in [-0.05, 0) is 23.9 Å². The van der Waals surface area contributed by atoms with E-state index in [0.717, 1.165) is 17.6 Å². The van der Waals surface area contributed by atoms with Crippen LogP contribution in [0, 0.1) is 20.2 Å². The molecule has 0 saturated heterocycles. The summed E-state index contributed by atoms with van der Waals surface area (Å²) in [6.45, 7) is 3.57. The van der Waals surface area contributed by atoms with Gasteiger partial charge in [-0.3, -0.25) is 20.2 Å². The topological polar surface area (TPSA) is 125 Å². The van der Waals surface area contributed by atoms with E-state index in [1.54, 1.807) is 6.92 Å². The van der Waals surface area contributed by atoms with Gasteiger partial charge in [-0.25, -0.2) is 9.17 Å². The molecule has 0 saturated carbocycles. The van der Waals surface area contributed by atoms with Gasteiger partial charge in [-0.1, -0.05) is 13.8 Å². The van der Waals surface area contributed by atoms with Crippen LogP contribution in [0.15, 0.2) is 23.7 Å². The number of nitro groups is 2. The summed E-state index contributed by atoms with van der Waals surface area (Å²) in [5, 5.41) is 23.8. The Morgan fingerprint density at radius 2 is 2.04 bits per heavy atom. The molecule has 24 heavy (non-hydrogen) atoms. The normalized spacial score (nSPS) is 11.8. The Balaban J connectivity index is 2.59. The van der Waals surface area contributed by atoms with Crippen LogP contribution in [0.1, 0.15) is 42.1 Å². The lowest BCUT2D eigenvalue weighted by molar-refractivity contribution is -0.394. The third-order valence-electron chi connectivity index (χ3n) is 3.50. The lowest BCUT2D eigenvalue weighted by atomic mass is 9.96. The van der Waals surface area contributed by atoms with Crippen molar-refractivity contribution in [1.29, 1.82) is 0 Å². The molecule has 0 spiro atoms. The van der Waals surface area contributed by atoms with Gasteiger partial charge in [0.25, 0.3) is 5.69 Å². The molecule has 0 aliphatic rings. The minimum Gasteiger partial charge on any atom is -0.415 e. The first-order valence-electron chi connectivity index (χ1n) is 6.93. The zero-order valence-corrected chi connectivity index (χ0v) is 13.6. The third kappa shape index (κ3) is 3.54. The Morgan fingerprint density at radius 1 is 1.33 bits per heavy atom. The number of hydrogen-bond donors (Lipinski definition) is 0. The van der Waals surface area contributed by atoms with Gasteiger partial charge in [0.2, 0.25) is 5.75 Å². The summed E-state index contributed by atoms with van der Waals surface area (Å²) < 4.78 is 8.97. The highest BCUT2D eigenvalue weighted by molar-refractivity contribution is 7.03. The molecule has 1 heterocycles. The monoisotopic (exact) mass is 351 g/mol. The van der Waals surface area contributed by atoms with Crippen molar-refractivity contribution in [1.82, 2.24) is 4.37 Å². The molecule has 9 nitrogen and oxygen atoms in total. The maximum absolute atomic E-state index is 12.1. The highest BCUT2D eigenvalue weighted by Crippen LogP contribution is 2.40. The molecule has 1 unspecified atom stereocenters. The summed E-state index contributed by atoms with van der Waals surface area (Å²) in [5.74, 6) is -1.34. The van der Waals surface area contributed by atoms with Crippen LogP contribution in [0.4, 0.5) is 11.4 Å². The first kappa shape index (κ1) is 17.5. The summed E-state index contributed by atoms with van der Waals surface area (Å²) >= 11 is 1.04. The van der Waals surface area contributed by atoms with Gasteiger partial charge in [-0.15, -0.1) is 0 Å². The SMILES string of the molecule is CCC(C)c1cc([N+](=O)[O-])cc([N+](=O)[O-])c1OC(=O)c1cnsc1. The summed E-state index contributed by atoms with van der Waals surface area (Å²) in [7, 11) is 0. The quantitative estimate of drug-likeness (QED) is 0.336. The van der Waals surface area contributed by atoms with Crippen molar-refractivity contribution in [3.63, 3.8) is 0 Å². The second kappa shape index (κ2) is 7.13. The van der Waals surface area contributed by atoms with Crippen molar-refractivity contribution < 1.29 is 19.4 Å². The summed E-state index contributed by atoms with van der Waals surface area (Å²) in [5.41, 5.74) is -0.636. The summed E-state index contributed by atoms with van der Waals surface area (Å²) in [6.07, 6.45) is 1.84. The van der Waals surface area contributed by atoms with Gasteiger partial charge < -0.3 is 4.74 Å². The Hall–Kier alpha value is -2.88. The fraction of sp³-hybridized carbons (Fsp3) is 0.286. The molecule has 126 valence electrons. The number of aromatic nitrogens is 1. The average molecular weight is 351 g/mol. The van der Waals surface area contributed by atoms with Gasteiger partial charge >= 0.3 is 11.7 Å². The molecular weight excluding hydrogens is 338 g/mol. The molecule has 0 aliphatic carbocycles. The second-order valence-electron chi connectivity index (χ2n) is 5.01.